The molecule has 0 fully saturated rings. The van der Waals surface area contributed by atoms with E-state index in [1.807, 2.05) is 24.4 Å². The number of nitrogens with zero attached hydrogens (tertiary/aromatic N) is 1. The fourth-order valence-corrected chi connectivity index (χ4v) is 2.72. The van der Waals surface area contributed by atoms with Gasteiger partial charge in [0.2, 0.25) is 0 Å². The fourth-order valence-electron chi connectivity index (χ4n) is 1.64. The highest BCUT2D eigenvalue weighted by Gasteiger charge is 2.14. The average Bonchev–Trinajstić information content (AvgIpc) is 2.68. The lowest BCUT2D eigenvalue weighted by Crippen LogP contribution is -2.14. The molecule has 0 saturated carbocycles. The first kappa shape index (κ1) is 12.8. The lowest BCUT2D eigenvalue weighted by molar-refractivity contribution is 0.709. The number of thiazole rings is 1. The van der Waals surface area contributed by atoms with E-state index in [1.54, 1.807) is 17.4 Å². The second-order valence-electron chi connectivity index (χ2n) is 3.81. The van der Waals surface area contributed by atoms with Crippen molar-refractivity contribution in [2.24, 2.45) is 5.73 Å². The second kappa shape index (κ2) is 5.36. The van der Waals surface area contributed by atoms with E-state index in [9.17, 15) is 0 Å². The van der Waals surface area contributed by atoms with E-state index < -0.39 is 0 Å². The monoisotopic (exact) mass is 286 g/mol. The van der Waals surface area contributed by atoms with Crippen LogP contribution >= 0.6 is 34.5 Å². The van der Waals surface area contributed by atoms with Crippen molar-refractivity contribution in [1.29, 1.82) is 0 Å². The van der Waals surface area contributed by atoms with Gasteiger partial charge in [-0.2, -0.15) is 0 Å². The topological polar surface area (TPSA) is 38.9 Å². The van der Waals surface area contributed by atoms with Gasteiger partial charge in [-0.15, -0.1) is 11.3 Å². The average molecular weight is 287 g/mol. The smallest absolute Gasteiger partial charge is 0.0897 e. The van der Waals surface area contributed by atoms with Crippen LogP contribution in [0.25, 0.3) is 0 Å². The van der Waals surface area contributed by atoms with Crippen LogP contribution in [0, 0.1) is 6.92 Å². The van der Waals surface area contributed by atoms with Gasteiger partial charge in [0.15, 0.2) is 0 Å². The van der Waals surface area contributed by atoms with Crippen LogP contribution in [-0.4, -0.2) is 4.98 Å². The van der Waals surface area contributed by atoms with Crippen molar-refractivity contribution in [3.05, 3.63) is 49.9 Å². The van der Waals surface area contributed by atoms with E-state index in [4.69, 9.17) is 28.9 Å². The van der Waals surface area contributed by atoms with E-state index in [2.05, 4.69) is 4.98 Å². The van der Waals surface area contributed by atoms with E-state index in [0.717, 1.165) is 16.3 Å². The Bertz CT molecular complexity index is 525. The van der Waals surface area contributed by atoms with Crippen LogP contribution < -0.4 is 5.73 Å². The first-order valence-corrected chi connectivity index (χ1v) is 6.82. The molecule has 5 heteroatoms. The SMILES string of the molecule is Cc1nc(CC(N)c2cccc(Cl)c2Cl)cs1. The molecule has 17 heavy (non-hydrogen) atoms. The van der Waals surface area contributed by atoms with Crippen molar-refractivity contribution in [3.63, 3.8) is 0 Å². The molecule has 1 atom stereocenters. The summed E-state index contributed by atoms with van der Waals surface area (Å²) in [6, 6.07) is 5.34. The maximum Gasteiger partial charge on any atom is 0.0897 e. The molecular weight excluding hydrogens is 275 g/mol. The number of hydrogen-bond acceptors (Lipinski definition) is 3. The zero-order valence-corrected chi connectivity index (χ0v) is 11.6. The van der Waals surface area contributed by atoms with Crippen LogP contribution in [0.15, 0.2) is 23.6 Å². The third kappa shape index (κ3) is 2.99. The number of benzene rings is 1. The minimum absolute atomic E-state index is 0.178. The maximum atomic E-state index is 6.13. The molecule has 0 amide bonds. The van der Waals surface area contributed by atoms with Gasteiger partial charge in [0.25, 0.3) is 0 Å². The minimum atomic E-state index is -0.178. The van der Waals surface area contributed by atoms with Gasteiger partial charge in [0.1, 0.15) is 0 Å². The summed E-state index contributed by atoms with van der Waals surface area (Å²) in [6.07, 6.45) is 0.671. The standard InChI is InChI=1S/C12H12Cl2N2S/c1-7-16-8(6-17-7)5-11(15)9-3-2-4-10(13)12(9)14/h2-4,6,11H,5,15H2,1H3. The van der Waals surface area contributed by atoms with Crippen molar-refractivity contribution in [1.82, 2.24) is 4.98 Å². The highest BCUT2D eigenvalue weighted by atomic mass is 35.5. The highest BCUT2D eigenvalue weighted by molar-refractivity contribution is 7.09. The predicted molar refractivity (Wildman–Crippen MR) is 73.9 cm³/mol. The van der Waals surface area contributed by atoms with Gasteiger partial charge in [-0.05, 0) is 18.6 Å². The summed E-state index contributed by atoms with van der Waals surface area (Å²) in [4.78, 5) is 4.39. The molecule has 2 aromatic rings. The second-order valence-corrected chi connectivity index (χ2v) is 5.66. The minimum Gasteiger partial charge on any atom is -0.324 e. The largest absolute Gasteiger partial charge is 0.324 e. The Balaban J connectivity index is 2.20. The van der Waals surface area contributed by atoms with Gasteiger partial charge in [-0.3, -0.25) is 0 Å². The molecule has 2 N–H and O–H groups in total. The van der Waals surface area contributed by atoms with Crippen molar-refractivity contribution in [2.75, 3.05) is 0 Å². The Morgan fingerprint density at radius 2 is 2.18 bits per heavy atom. The Labute approximate surface area is 114 Å². The molecule has 1 heterocycles. The number of halogens is 2. The summed E-state index contributed by atoms with van der Waals surface area (Å²) in [5, 5.41) is 4.14. The molecule has 0 aliphatic carbocycles. The molecule has 0 aliphatic rings. The highest BCUT2D eigenvalue weighted by Crippen LogP contribution is 2.30. The van der Waals surface area contributed by atoms with Gasteiger partial charge in [-0.1, -0.05) is 35.3 Å². The molecule has 90 valence electrons. The van der Waals surface area contributed by atoms with Crippen LogP contribution in [-0.2, 0) is 6.42 Å². The summed E-state index contributed by atoms with van der Waals surface area (Å²) < 4.78 is 0. The summed E-state index contributed by atoms with van der Waals surface area (Å²) in [6.45, 7) is 1.98. The van der Waals surface area contributed by atoms with Crippen LogP contribution in [0.3, 0.4) is 0 Å². The van der Waals surface area contributed by atoms with Crippen molar-refractivity contribution in [2.45, 2.75) is 19.4 Å². The molecule has 0 saturated heterocycles. The van der Waals surface area contributed by atoms with E-state index >= 15 is 0 Å². The van der Waals surface area contributed by atoms with Crippen LogP contribution in [0.1, 0.15) is 22.3 Å². The summed E-state index contributed by atoms with van der Waals surface area (Å²) in [7, 11) is 0. The predicted octanol–water partition coefficient (Wildman–Crippen LogP) is 4.00. The van der Waals surface area contributed by atoms with Gasteiger partial charge < -0.3 is 5.73 Å². The maximum absolute atomic E-state index is 6.13. The molecule has 0 radical (unpaired) electrons. The van der Waals surface area contributed by atoms with Crippen LogP contribution in [0.2, 0.25) is 10.0 Å². The normalized spacial score (nSPS) is 12.7. The Morgan fingerprint density at radius 3 is 2.82 bits per heavy atom. The van der Waals surface area contributed by atoms with Gasteiger partial charge in [0.05, 0.1) is 20.7 Å². The van der Waals surface area contributed by atoms with Crippen LogP contribution in [0.5, 0.6) is 0 Å². The van der Waals surface area contributed by atoms with E-state index in [1.165, 1.54) is 0 Å². The van der Waals surface area contributed by atoms with Crippen molar-refractivity contribution in [3.8, 4) is 0 Å². The zero-order valence-electron chi connectivity index (χ0n) is 9.28. The molecule has 0 bridgehead atoms. The lowest BCUT2D eigenvalue weighted by atomic mass is 10.0. The Hall–Kier alpha value is -0.610. The molecule has 0 spiro atoms. The third-order valence-electron chi connectivity index (χ3n) is 2.48. The fraction of sp³-hybridized carbons (Fsp3) is 0.250. The lowest BCUT2D eigenvalue weighted by Gasteiger charge is -2.13. The quantitative estimate of drug-likeness (QED) is 0.926. The van der Waals surface area contributed by atoms with Gasteiger partial charge in [-0.25, -0.2) is 4.98 Å². The molecule has 0 aliphatic heterocycles. The van der Waals surface area contributed by atoms with Gasteiger partial charge in [0, 0.05) is 17.8 Å². The number of rotatable bonds is 3. The van der Waals surface area contributed by atoms with Crippen molar-refractivity contribution < 1.29 is 0 Å². The molecule has 1 aromatic carbocycles. The first-order valence-electron chi connectivity index (χ1n) is 5.18. The van der Waals surface area contributed by atoms with E-state index in [0.29, 0.717) is 16.5 Å². The Kier molecular flexibility index (Phi) is 4.05. The molecule has 2 nitrogen and oxygen atoms in total. The molecular formula is C12H12Cl2N2S. The number of aromatic nitrogens is 1. The number of nitrogens with two attached hydrogens (primary N) is 1. The first-order chi connectivity index (χ1) is 8.08. The van der Waals surface area contributed by atoms with Crippen LogP contribution in [0.4, 0.5) is 0 Å². The van der Waals surface area contributed by atoms with Crippen molar-refractivity contribution >= 4 is 34.5 Å². The van der Waals surface area contributed by atoms with E-state index in [-0.39, 0.29) is 6.04 Å². The summed E-state index contributed by atoms with van der Waals surface area (Å²) in [5.74, 6) is 0. The van der Waals surface area contributed by atoms with Gasteiger partial charge >= 0.3 is 0 Å². The molecule has 1 unspecified atom stereocenters. The summed E-state index contributed by atoms with van der Waals surface area (Å²) in [5.41, 5.74) is 7.99. The summed E-state index contributed by atoms with van der Waals surface area (Å²) >= 11 is 13.7. The Morgan fingerprint density at radius 1 is 1.41 bits per heavy atom. The number of aryl methyl sites for hydroxylation is 1. The number of hydrogen-bond donors (Lipinski definition) is 1. The molecule has 2 rings (SSSR count). The molecule has 1 aromatic heterocycles. The zero-order chi connectivity index (χ0) is 12.4. The third-order valence-corrected chi connectivity index (χ3v) is 4.13.